The summed E-state index contributed by atoms with van der Waals surface area (Å²) < 4.78 is 5.03. The molecule has 0 saturated carbocycles. The lowest BCUT2D eigenvalue weighted by atomic mass is 9.86. The zero-order valence-corrected chi connectivity index (χ0v) is 25.5. The van der Waals surface area contributed by atoms with Crippen molar-refractivity contribution < 1.29 is 29.3 Å². The molecule has 10 heteroatoms. The van der Waals surface area contributed by atoms with E-state index in [4.69, 9.17) is 14.7 Å². The fourth-order valence-electron chi connectivity index (χ4n) is 6.50. The van der Waals surface area contributed by atoms with E-state index in [0.717, 1.165) is 45.4 Å². The first-order valence-electron chi connectivity index (χ1n) is 14.6. The first kappa shape index (κ1) is 30.5. The van der Waals surface area contributed by atoms with Crippen LogP contribution in [0.3, 0.4) is 0 Å². The Bertz CT molecular complexity index is 1910. The number of fused-ring (bicyclic) bond motifs is 8. The highest BCUT2D eigenvalue weighted by atomic mass is 16.5. The number of carbonyl (C=O) groups is 3. The summed E-state index contributed by atoms with van der Waals surface area (Å²) >= 11 is 0. The summed E-state index contributed by atoms with van der Waals surface area (Å²) in [4.78, 5) is 52.7. The molecule has 2 atom stereocenters. The molecule has 4 N–H and O–H groups in total. The van der Waals surface area contributed by atoms with Crippen LogP contribution in [-0.2, 0) is 27.2 Å². The number of carbonyl (C=O) groups excluding carboxylic acids is 1. The Kier molecular flexibility index (Phi) is 8.27. The van der Waals surface area contributed by atoms with Crippen LogP contribution in [0.2, 0.25) is 0 Å². The quantitative estimate of drug-likeness (QED) is 0.163. The number of nitrogens with zero attached hydrogens (tertiary/aromatic N) is 2. The normalized spacial score (nSPS) is 16.2. The minimum atomic E-state index is -1.18. The van der Waals surface area contributed by atoms with Crippen LogP contribution in [-0.4, -0.2) is 55.2 Å². The number of hydrogen-bond donors (Lipinski definition) is 4. The lowest BCUT2D eigenvalue weighted by Gasteiger charge is -2.17. The molecule has 3 aromatic heterocycles. The number of aromatic nitrogens is 4. The van der Waals surface area contributed by atoms with Gasteiger partial charge in [0.15, 0.2) is 0 Å². The second kappa shape index (κ2) is 11.9. The van der Waals surface area contributed by atoms with E-state index in [0.29, 0.717) is 41.1 Å². The number of H-pyrrole nitrogens is 2. The number of aryl methyl sites for hydroxylation is 3. The molecule has 5 heterocycles. The Labute approximate surface area is 254 Å². The van der Waals surface area contributed by atoms with Crippen LogP contribution in [0.4, 0.5) is 0 Å². The number of rotatable bonds is 9. The fraction of sp³-hybridized carbons (Fsp3) is 0.324. The maximum absolute atomic E-state index is 12.7. The van der Waals surface area contributed by atoms with Crippen LogP contribution in [0.25, 0.3) is 33.2 Å². The van der Waals surface area contributed by atoms with Crippen molar-refractivity contribution in [2.24, 2.45) is 0 Å². The molecule has 0 fully saturated rings. The molecule has 0 amide bonds. The number of hydrogen-bond acceptors (Lipinski definition) is 6. The van der Waals surface area contributed by atoms with Crippen LogP contribution in [0.15, 0.2) is 30.9 Å². The van der Waals surface area contributed by atoms with Crippen LogP contribution in [0, 0.1) is 13.8 Å². The van der Waals surface area contributed by atoms with E-state index in [1.54, 1.807) is 13.0 Å². The van der Waals surface area contributed by atoms with Crippen LogP contribution >= 0.6 is 0 Å². The number of carboxylic acid groups (broad SMARTS) is 2. The number of nitrogens with one attached hydrogen (secondary N) is 2. The van der Waals surface area contributed by atoms with Crippen molar-refractivity contribution in [2.45, 2.75) is 65.7 Å². The van der Waals surface area contributed by atoms with Gasteiger partial charge in [0, 0.05) is 45.2 Å². The van der Waals surface area contributed by atoms with Gasteiger partial charge in [-0.2, -0.15) is 0 Å². The van der Waals surface area contributed by atoms with Crippen LogP contribution in [0.1, 0.15) is 94.4 Å². The highest BCUT2D eigenvalue weighted by Crippen LogP contribution is 2.42. The van der Waals surface area contributed by atoms with Gasteiger partial charge in [0.1, 0.15) is 0 Å². The Morgan fingerprint density at radius 3 is 2.36 bits per heavy atom. The lowest BCUT2D eigenvalue weighted by molar-refractivity contribution is -0.136. The topological polar surface area (TPSA) is 158 Å². The summed E-state index contributed by atoms with van der Waals surface area (Å²) in [5.41, 5.74) is 9.76. The fourth-order valence-corrected chi connectivity index (χ4v) is 6.50. The highest BCUT2D eigenvalue weighted by Gasteiger charge is 2.33. The summed E-state index contributed by atoms with van der Waals surface area (Å²) in [5, 5.41) is 20.4. The Balaban J connectivity index is 2.03. The minimum Gasteiger partial charge on any atom is -0.481 e. The summed E-state index contributed by atoms with van der Waals surface area (Å²) in [6.45, 7) is 14.3. The minimum absolute atomic E-state index is 0.00556. The summed E-state index contributed by atoms with van der Waals surface area (Å²) in [7, 11) is 0. The van der Waals surface area contributed by atoms with Crippen LogP contribution < -0.4 is 0 Å². The largest absolute Gasteiger partial charge is 0.481 e. The average molecular weight is 597 g/mol. The molecule has 0 saturated heterocycles. The maximum Gasteiger partial charge on any atom is 0.338 e. The molecule has 0 spiro atoms. The SMILES string of the molecule is C=CC1=C(C)c2cc3nc(c(CC(=O)O)c4[nH]c(cc5[nH]c(cc1n2)c(C)c5CC)c(C)c4C(=O)O)C(CCOC=O)C3C. The monoisotopic (exact) mass is 596 g/mol. The van der Waals surface area contributed by atoms with E-state index in [1.807, 2.05) is 39.0 Å². The van der Waals surface area contributed by atoms with Gasteiger partial charge < -0.3 is 24.9 Å². The third kappa shape index (κ3) is 5.21. The van der Waals surface area contributed by atoms with E-state index >= 15 is 0 Å². The summed E-state index contributed by atoms with van der Waals surface area (Å²) in [5.74, 6) is -2.85. The van der Waals surface area contributed by atoms with Crippen molar-refractivity contribution in [3.63, 3.8) is 0 Å². The lowest BCUT2D eigenvalue weighted by Crippen LogP contribution is -2.11. The molecule has 2 aliphatic heterocycles. The summed E-state index contributed by atoms with van der Waals surface area (Å²) in [6.07, 6.45) is 2.44. The van der Waals surface area contributed by atoms with Gasteiger partial charge in [-0.1, -0.05) is 26.5 Å². The van der Waals surface area contributed by atoms with E-state index in [9.17, 15) is 24.6 Å². The molecule has 44 heavy (non-hydrogen) atoms. The predicted octanol–water partition coefficient (Wildman–Crippen LogP) is 6.39. The molecule has 0 aromatic carbocycles. The maximum atomic E-state index is 12.7. The average Bonchev–Trinajstić information content (AvgIpc) is 3.65. The van der Waals surface area contributed by atoms with Crippen molar-refractivity contribution in [1.29, 1.82) is 0 Å². The third-order valence-electron chi connectivity index (χ3n) is 8.90. The van der Waals surface area contributed by atoms with Crippen molar-refractivity contribution in [3.05, 3.63) is 81.4 Å². The van der Waals surface area contributed by atoms with Gasteiger partial charge in [0.25, 0.3) is 6.47 Å². The molecule has 3 aromatic rings. The molecule has 5 rings (SSSR count). The van der Waals surface area contributed by atoms with Gasteiger partial charge in [-0.25, -0.2) is 9.78 Å². The molecule has 8 bridgehead atoms. The smallest absolute Gasteiger partial charge is 0.338 e. The molecule has 2 aliphatic rings. The second-order valence-corrected chi connectivity index (χ2v) is 11.3. The predicted molar refractivity (Wildman–Crippen MR) is 169 cm³/mol. The van der Waals surface area contributed by atoms with Gasteiger partial charge in [0.2, 0.25) is 0 Å². The van der Waals surface area contributed by atoms with Gasteiger partial charge in [-0.05, 0) is 74.1 Å². The molecule has 2 unspecified atom stereocenters. The molecular formula is C34H36N4O6. The van der Waals surface area contributed by atoms with E-state index < -0.39 is 18.4 Å². The van der Waals surface area contributed by atoms with E-state index in [2.05, 4.69) is 23.5 Å². The van der Waals surface area contributed by atoms with Crippen molar-refractivity contribution in [3.8, 4) is 0 Å². The molecule has 10 nitrogen and oxygen atoms in total. The van der Waals surface area contributed by atoms with Crippen molar-refractivity contribution >= 4 is 51.6 Å². The molecule has 0 aliphatic carbocycles. The Morgan fingerprint density at radius 1 is 1.00 bits per heavy atom. The number of allylic oxidation sites excluding steroid dienone is 3. The summed E-state index contributed by atoms with van der Waals surface area (Å²) in [6, 6.07) is 5.78. The number of carboxylic acids is 2. The van der Waals surface area contributed by atoms with Gasteiger partial charge in [-0.15, -0.1) is 0 Å². The number of aromatic amines is 2. The first-order valence-corrected chi connectivity index (χ1v) is 14.6. The van der Waals surface area contributed by atoms with Gasteiger partial charge >= 0.3 is 11.9 Å². The van der Waals surface area contributed by atoms with Gasteiger partial charge in [0.05, 0.1) is 41.2 Å². The number of aromatic carboxylic acids is 1. The Morgan fingerprint density at radius 2 is 1.73 bits per heavy atom. The van der Waals surface area contributed by atoms with Crippen LogP contribution in [0.5, 0.6) is 0 Å². The highest BCUT2D eigenvalue weighted by molar-refractivity contribution is 6.02. The number of ether oxygens (including phenoxy) is 1. The molecule has 228 valence electrons. The van der Waals surface area contributed by atoms with Gasteiger partial charge in [-0.3, -0.25) is 14.6 Å². The first-order chi connectivity index (χ1) is 21.0. The zero-order chi connectivity index (χ0) is 31.9. The Hall–Kier alpha value is -4.99. The third-order valence-corrected chi connectivity index (χ3v) is 8.90. The number of aliphatic carboxylic acids is 1. The second-order valence-electron chi connectivity index (χ2n) is 11.3. The van der Waals surface area contributed by atoms with E-state index in [1.165, 1.54) is 0 Å². The van der Waals surface area contributed by atoms with Crippen molar-refractivity contribution in [2.75, 3.05) is 6.61 Å². The van der Waals surface area contributed by atoms with Crippen molar-refractivity contribution in [1.82, 2.24) is 19.9 Å². The molecular weight excluding hydrogens is 560 g/mol. The van der Waals surface area contributed by atoms with E-state index in [-0.39, 0.29) is 35.1 Å². The zero-order valence-electron chi connectivity index (χ0n) is 25.5. The molecule has 0 radical (unpaired) electrons. The standard InChI is InChI=1S/C34H36N4O6/c1-7-20-16(3)24-12-26-18(5)22(9-10-44-15-39)32(37-26)23(11-30(40)41)33-31(34(42)43)19(6)27(38-33)14-29-21(8-2)17(4)25(36-29)13-28(20)35-24/h7,12-15,18,22,36,38H,1,8-11H2,2-6H3,(H,40,41)(H,42,43).